The van der Waals surface area contributed by atoms with Crippen LogP contribution >= 0.6 is 0 Å². The molecular weight excluding hydrogens is 352 g/mol. The SMILES string of the molecule is CCOc1ccc(Nc2cc(C)nc(N(C)C3CCS(=O)(=O)C3)n2)cc1. The fourth-order valence-corrected chi connectivity index (χ4v) is 4.74. The maximum Gasteiger partial charge on any atom is 0.227 e. The summed E-state index contributed by atoms with van der Waals surface area (Å²) < 4.78 is 28.9. The fourth-order valence-electron chi connectivity index (χ4n) is 2.97. The van der Waals surface area contributed by atoms with E-state index in [0.29, 0.717) is 24.8 Å². The Labute approximate surface area is 154 Å². The van der Waals surface area contributed by atoms with Crippen LogP contribution in [0.4, 0.5) is 17.5 Å². The standard InChI is InChI=1S/C18H24N4O3S/c1-4-25-16-7-5-14(6-8-16)20-17-11-13(2)19-18(21-17)22(3)15-9-10-26(23,24)12-15/h5-8,11,15H,4,9-10,12H2,1-3H3,(H,19,20,21). The molecule has 0 saturated carbocycles. The molecule has 1 aromatic carbocycles. The van der Waals surface area contributed by atoms with Crippen molar-refractivity contribution in [2.75, 3.05) is 35.4 Å². The van der Waals surface area contributed by atoms with E-state index in [1.54, 1.807) is 0 Å². The molecule has 0 bridgehead atoms. The van der Waals surface area contributed by atoms with Crippen molar-refractivity contribution >= 4 is 27.3 Å². The highest BCUT2D eigenvalue weighted by Gasteiger charge is 2.31. The number of hydrogen-bond donors (Lipinski definition) is 1. The topological polar surface area (TPSA) is 84.4 Å². The molecular formula is C18H24N4O3S. The molecule has 1 fully saturated rings. The van der Waals surface area contributed by atoms with E-state index in [1.807, 2.05) is 56.1 Å². The number of ether oxygens (including phenoxy) is 1. The Balaban J connectivity index is 1.77. The van der Waals surface area contributed by atoms with Crippen molar-refractivity contribution in [1.29, 1.82) is 0 Å². The lowest BCUT2D eigenvalue weighted by molar-refractivity contribution is 0.340. The van der Waals surface area contributed by atoms with Crippen LogP contribution in [0.15, 0.2) is 30.3 Å². The predicted molar refractivity (Wildman–Crippen MR) is 103 cm³/mol. The largest absolute Gasteiger partial charge is 0.494 e. The highest BCUT2D eigenvalue weighted by atomic mass is 32.2. The highest BCUT2D eigenvalue weighted by molar-refractivity contribution is 7.91. The molecule has 140 valence electrons. The number of aryl methyl sites for hydroxylation is 1. The zero-order valence-corrected chi connectivity index (χ0v) is 16.1. The van der Waals surface area contributed by atoms with Crippen molar-refractivity contribution in [2.45, 2.75) is 26.3 Å². The fraction of sp³-hybridized carbons (Fsp3) is 0.444. The summed E-state index contributed by atoms with van der Waals surface area (Å²) in [5, 5.41) is 3.26. The van der Waals surface area contributed by atoms with Crippen molar-refractivity contribution in [1.82, 2.24) is 9.97 Å². The van der Waals surface area contributed by atoms with Gasteiger partial charge in [-0.05, 0) is 44.5 Å². The molecule has 0 spiro atoms. The first-order valence-electron chi connectivity index (χ1n) is 8.65. The average molecular weight is 376 g/mol. The lowest BCUT2D eigenvalue weighted by Gasteiger charge is -2.24. The Hall–Kier alpha value is -2.35. The molecule has 8 heteroatoms. The molecule has 7 nitrogen and oxygen atoms in total. The molecule has 2 aromatic rings. The van der Waals surface area contributed by atoms with Crippen LogP contribution in [0.1, 0.15) is 19.0 Å². The third kappa shape index (κ3) is 4.43. The van der Waals surface area contributed by atoms with Crippen LogP contribution < -0.4 is 15.0 Å². The van der Waals surface area contributed by atoms with Gasteiger partial charge in [-0.15, -0.1) is 0 Å². The van der Waals surface area contributed by atoms with Crippen LogP contribution in [-0.2, 0) is 9.84 Å². The third-order valence-corrected chi connectivity index (χ3v) is 6.10. The van der Waals surface area contributed by atoms with Crippen LogP contribution in [0.5, 0.6) is 5.75 Å². The first kappa shape index (κ1) is 18.4. The summed E-state index contributed by atoms with van der Waals surface area (Å²) >= 11 is 0. The van der Waals surface area contributed by atoms with Gasteiger partial charge in [0.25, 0.3) is 0 Å². The number of nitrogens with zero attached hydrogens (tertiary/aromatic N) is 3. The van der Waals surface area contributed by atoms with Crippen LogP contribution in [0.25, 0.3) is 0 Å². The molecule has 1 aromatic heterocycles. The van der Waals surface area contributed by atoms with Crippen LogP contribution in [0, 0.1) is 6.92 Å². The maximum absolute atomic E-state index is 11.7. The van der Waals surface area contributed by atoms with Gasteiger partial charge >= 0.3 is 0 Å². The van der Waals surface area contributed by atoms with Crippen LogP contribution in [0.3, 0.4) is 0 Å². The zero-order valence-electron chi connectivity index (χ0n) is 15.3. The molecule has 1 aliphatic heterocycles. The number of hydrogen-bond acceptors (Lipinski definition) is 7. The average Bonchev–Trinajstić information content (AvgIpc) is 2.95. The Kier molecular flexibility index (Phi) is 5.31. The molecule has 0 radical (unpaired) electrons. The number of nitrogens with one attached hydrogen (secondary N) is 1. The third-order valence-electron chi connectivity index (χ3n) is 4.35. The van der Waals surface area contributed by atoms with E-state index in [4.69, 9.17) is 4.74 Å². The second-order valence-corrected chi connectivity index (χ2v) is 8.67. The van der Waals surface area contributed by atoms with Gasteiger partial charge in [-0.3, -0.25) is 0 Å². The molecule has 1 atom stereocenters. The van der Waals surface area contributed by atoms with Gasteiger partial charge in [-0.1, -0.05) is 0 Å². The predicted octanol–water partition coefficient (Wildman–Crippen LogP) is 2.55. The summed E-state index contributed by atoms with van der Waals surface area (Å²) in [5.41, 5.74) is 1.71. The van der Waals surface area contributed by atoms with Crippen molar-refractivity contribution in [2.24, 2.45) is 0 Å². The molecule has 26 heavy (non-hydrogen) atoms. The van der Waals surface area contributed by atoms with E-state index >= 15 is 0 Å². The second kappa shape index (κ2) is 7.49. The van der Waals surface area contributed by atoms with Gasteiger partial charge in [0, 0.05) is 30.5 Å². The molecule has 1 aliphatic rings. The minimum Gasteiger partial charge on any atom is -0.494 e. The molecule has 1 unspecified atom stereocenters. The Bertz CT molecular complexity index is 869. The minimum absolute atomic E-state index is 0.0832. The second-order valence-electron chi connectivity index (χ2n) is 6.44. The monoisotopic (exact) mass is 376 g/mol. The first-order valence-corrected chi connectivity index (χ1v) is 10.5. The molecule has 3 rings (SSSR count). The van der Waals surface area contributed by atoms with E-state index in [9.17, 15) is 8.42 Å². The van der Waals surface area contributed by atoms with Crippen LogP contribution in [-0.4, -0.2) is 49.6 Å². The normalized spacial score (nSPS) is 18.5. The van der Waals surface area contributed by atoms with Crippen molar-refractivity contribution in [3.63, 3.8) is 0 Å². The number of rotatable bonds is 6. The molecule has 0 aliphatic carbocycles. The van der Waals surface area contributed by atoms with Crippen LogP contribution in [0.2, 0.25) is 0 Å². The summed E-state index contributed by atoms with van der Waals surface area (Å²) in [7, 11) is -1.10. The maximum atomic E-state index is 11.7. The summed E-state index contributed by atoms with van der Waals surface area (Å²) in [6.07, 6.45) is 0.609. The van der Waals surface area contributed by atoms with Crippen molar-refractivity contribution in [3.05, 3.63) is 36.0 Å². The summed E-state index contributed by atoms with van der Waals surface area (Å²) in [6, 6.07) is 9.43. The van der Waals surface area contributed by atoms with E-state index in [0.717, 1.165) is 17.1 Å². The number of benzene rings is 1. The highest BCUT2D eigenvalue weighted by Crippen LogP contribution is 2.24. The zero-order chi connectivity index (χ0) is 18.7. The molecule has 1 saturated heterocycles. The van der Waals surface area contributed by atoms with Gasteiger partial charge in [-0.25, -0.2) is 13.4 Å². The van der Waals surface area contributed by atoms with Gasteiger partial charge in [0.05, 0.1) is 18.1 Å². The lowest BCUT2D eigenvalue weighted by Crippen LogP contribution is -2.34. The van der Waals surface area contributed by atoms with Gasteiger partial charge in [0.1, 0.15) is 11.6 Å². The summed E-state index contributed by atoms with van der Waals surface area (Å²) in [4.78, 5) is 10.9. The van der Waals surface area contributed by atoms with Crippen molar-refractivity contribution < 1.29 is 13.2 Å². The Morgan fingerprint density at radius 2 is 2.00 bits per heavy atom. The quantitative estimate of drug-likeness (QED) is 0.829. The molecule has 2 heterocycles. The van der Waals surface area contributed by atoms with E-state index in [-0.39, 0.29) is 17.5 Å². The first-order chi connectivity index (χ1) is 12.4. The number of aromatic nitrogens is 2. The van der Waals surface area contributed by atoms with E-state index in [2.05, 4.69) is 15.3 Å². The van der Waals surface area contributed by atoms with Gasteiger partial charge in [0.2, 0.25) is 5.95 Å². The number of sulfone groups is 1. The smallest absolute Gasteiger partial charge is 0.227 e. The molecule has 0 amide bonds. The van der Waals surface area contributed by atoms with Gasteiger partial charge < -0.3 is 15.0 Å². The van der Waals surface area contributed by atoms with Gasteiger partial charge in [0.15, 0.2) is 9.84 Å². The lowest BCUT2D eigenvalue weighted by atomic mass is 10.2. The van der Waals surface area contributed by atoms with Gasteiger partial charge in [-0.2, -0.15) is 4.98 Å². The summed E-state index contributed by atoms with van der Waals surface area (Å²) in [6.45, 7) is 4.47. The molecule has 1 N–H and O–H groups in total. The Morgan fingerprint density at radius 1 is 1.27 bits per heavy atom. The Morgan fingerprint density at radius 3 is 2.62 bits per heavy atom. The van der Waals surface area contributed by atoms with E-state index in [1.165, 1.54) is 0 Å². The van der Waals surface area contributed by atoms with Crippen molar-refractivity contribution in [3.8, 4) is 5.75 Å². The minimum atomic E-state index is -2.95. The van der Waals surface area contributed by atoms with E-state index < -0.39 is 9.84 Å². The number of anilines is 3. The summed E-state index contributed by atoms with van der Waals surface area (Å²) in [5.74, 6) is 2.40.